The minimum atomic E-state index is -0.585. The van der Waals surface area contributed by atoms with E-state index in [0.29, 0.717) is 11.6 Å². The van der Waals surface area contributed by atoms with Gasteiger partial charge in [-0.05, 0) is 30.7 Å². The van der Waals surface area contributed by atoms with Gasteiger partial charge in [-0.2, -0.15) is 0 Å². The van der Waals surface area contributed by atoms with Gasteiger partial charge in [-0.15, -0.1) is 0 Å². The van der Waals surface area contributed by atoms with E-state index in [1.807, 2.05) is 0 Å². The fourth-order valence-electron chi connectivity index (χ4n) is 1.89. The summed E-state index contributed by atoms with van der Waals surface area (Å²) < 4.78 is 13.1. The van der Waals surface area contributed by atoms with Crippen LogP contribution < -0.4 is 5.32 Å². The number of hydrogen-bond donors (Lipinski definition) is 1. The summed E-state index contributed by atoms with van der Waals surface area (Å²) in [6.07, 6.45) is 2.51. The van der Waals surface area contributed by atoms with E-state index in [4.69, 9.17) is 0 Å². The maximum Gasteiger partial charge on any atom is 0.274 e. The van der Waals surface area contributed by atoms with E-state index in [9.17, 15) is 14.5 Å². The Morgan fingerprint density at radius 3 is 2.82 bits per heavy atom. The normalized spacial score (nSPS) is 16.6. The van der Waals surface area contributed by atoms with Crippen molar-refractivity contribution in [2.24, 2.45) is 11.8 Å². The van der Waals surface area contributed by atoms with Gasteiger partial charge in [-0.1, -0.05) is 6.92 Å². The van der Waals surface area contributed by atoms with E-state index in [2.05, 4.69) is 12.2 Å². The lowest BCUT2D eigenvalue weighted by Crippen LogP contribution is -2.13. The first kappa shape index (κ1) is 11.8. The summed E-state index contributed by atoms with van der Waals surface area (Å²) in [5, 5.41) is 13.6. The molecule has 5 heteroatoms. The van der Waals surface area contributed by atoms with Crippen molar-refractivity contribution in [1.29, 1.82) is 0 Å². The molecule has 1 aromatic rings. The Balaban J connectivity index is 2.01. The second kappa shape index (κ2) is 4.69. The summed E-state index contributed by atoms with van der Waals surface area (Å²) in [5.74, 6) is 0.698. The standard InChI is InChI=1S/C12H15FN2O2/c1-8(9-2-3-9)7-14-11-4-10(13)5-12(6-11)15(16)17/h4-6,8-9,14H,2-3,7H2,1H3. The van der Waals surface area contributed by atoms with Gasteiger partial charge >= 0.3 is 0 Å². The monoisotopic (exact) mass is 238 g/mol. The highest BCUT2D eigenvalue weighted by Gasteiger charge is 2.27. The van der Waals surface area contributed by atoms with Crippen LogP contribution in [0.3, 0.4) is 0 Å². The minimum Gasteiger partial charge on any atom is -0.384 e. The number of rotatable bonds is 5. The zero-order valence-corrected chi connectivity index (χ0v) is 9.65. The molecule has 2 rings (SSSR count). The van der Waals surface area contributed by atoms with Crippen LogP contribution in [0.2, 0.25) is 0 Å². The molecule has 1 aliphatic rings. The number of hydrogen-bond acceptors (Lipinski definition) is 3. The molecule has 0 bridgehead atoms. The van der Waals surface area contributed by atoms with Crippen molar-refractivity contribution in [2.45, 2.75) is 19.8 Å². The van der Waals surface area contributed by atoms with Crippen LogP contribution in [-0.4, -0.2) is 11.5 Å². The summed E-state index contributed by atoms with van der Waals surface area (Å²) in [6.45, 7) is 2.86. The highest BCUT2D eigenvalue weighted by atomic mass is 19.1. The van der Waals surface area contributed by atoms with Gasteiger partial charge in [-0.3, -0.25) is 10.1 Å². The number of nitrogens with one attached hydrogen (secondary N) is 1. The molecule has 0 aliphatic heterocycles. The number of halogens is 1. The van der Waals surface area contributed by atoms with Gasteiger partial charge in [0.2, 0.25) is 0 Å². The molecular formula is C12H15FN2O2. The Morgan fingerprint density at radius 1 is 1.53 bits per heavy atom. The van der Waals surface area contributed by atoms with Crippen molar-refractivity contribution in [2.75, 3.05) is 11.9 Å². The Labute approximate surface area is 99.0 Å². The summed E-state index contributed by atoms with van der Waals surface area (Å²) >= 11 is 0. The van der Waals surface area contributed by atoms with Crippen LogP contribution in [0.4, 0.5) is 15.8 Å². The van der Waals surface area contributed by atoms with E-state index in [0.717, 1.165) is 18.5 Å². The van der Waals surface area contributed by atoms with E-state index >= 15 is 0 Å². The highest BCUT2D eigenvalue weighted by Crippen LogP contribution is 2.36. The molecule has 1 aliphatic carbocycles. The number of nitro benzene ring substituents is 1. The number of non-ortho nitro benzene ring substituents is 1. The first-order valence-electron chi connectivity index (χ1n) is 5.75. The number of benzene rings is 1. The predicted molar refractivity (Wildman–Crippen MR) is 63.4 cm³/mol. The first-order chi connectivity index (χ1) is 8.06. The third-order valence-corrected chi connectivity index (χ3v) is 3.15. The second-order valence-electron chi connectivity index (χ2n) is 4.65. The molecule has 1 fully saturated rings. The van der Waals surface area contributed by atoms with Crippen LogP contribution in [0.5, 0.6) is 0 Å². The molecule has 0 aromatic heterocycles. The maximum absolute atomic E-state index is 13.1. The summed E-state index contributed by atoms with van der Waals surface area (Å²) in [5.41, 5.74) is 0.260. The van der Waals surface area contributed by atoms with Crippen molar-refractivity contribution in [1.82, 2.24) is 0 Å². The molecule has 1 aromatic carbocycles. The highest BCUT2D eigenvalue weighted by molar-refractivity contribution is 5.51. The SMILES string of the molecule is CC(CNc1cc(F)cc([N+](=O)[O-])c1)C1CC1. The zero-order valence-electron chi connectivity index (χ0n) is 9.65. The average molecular weight is 238 g/mol. The van der Waals surface area contributed by atoms with Gasteiger partial charge in [0.15, 0.2) is 0 Å². The van der Waals surface area contributed by atoms with E-state index < -0.39 is 10.7 Å². The Kier molecular flexibility index (Phi) is 3.26. The zero-order chi connectivity index (χ0) is 12.4. The number of anilines is 1. The van der Waals surface area contributed by atoms with Crippen molar-refractivity contribution in [3.05, 3.63) is 34.1 Å². The van der Waals surface area contributed by atoms with Gasteiger partial charge in [-0.25, -0.2) is 4.39 Å². The van der Waals surface area contributed by atoms with Gasteiger partial charge in [0.25, 0.3) is 5.69 Å². The fraction of sp³-hybridized carbons (Fsp3) is 0.500. The van der Waals surface area contributed by atoms with Gasteiger partial charge in [0.1, 0.15) is 5.82 Å². The third-order valence-electron chi connectivity index (χ3n) is 3.15. The minimum absolute atomic E-state index is 0.216. The molecule has 0 amide bonds. The largest absolute Gasteiger partial charge is 0.384 e. The third kappa shape index (κ3) is 3.15. The summed E-state index contributed by atoms with van der Waals surface area (Å²) in [4.78, 5) is 9.99. The molecule has 4 nitrogen and oxygen atoms in total. The molecule has 1 atom stereocenters. The quantitative estimate of drug-likeness (QED) is 0.633. The Bertz CT molecular complexity index is 433. The maximum atomic E-state index is 13.1. The molecule has 1 unspecified atom stereocenters. The number of nitro groups is 1. The molecule has 92 valence electrons. The van der Waals surface area contributed by atoms with Gasteiger partial charge in [0.05, 0.1) is 11.0 Å². The lowest BCUT2D eigenvalue weighted by Gasteiger charge is -2.12. The van der Waals surface area contributed by atoms with Crippen LogP contribution in [-0.2, 0) is 0 Å². The van der Waals surface area contributed by atoms with Crippen LogP contribution >= 0.6 is 0 Å². The molecule has 1 saturated carbocycles. The van der Waals surface area contributed by atoms with E-state index in [-0.39, 0.29) is 5.69 Å². The molecular weight excluding hydrogens is 223 g/mol. The second-order valence-corrected chi connectivity index (χ2v) is 4.65. The van der Waals surface area contributed by atoms with Crippen molar-refractivity contribution in [3.63, 3.8) is 0 Å². The predicted octanol–water partition coefficient (Wildman–Crippen LogP) is 3.19. The molecule has 17 heavy (non-hydrogen) atoms. The summed E-state index contributed by atoms with van der Waals surface area (Å²) in [7, 11) is 0. The van der Waals surface area contributed by atoms with Crippen LogP contribution in [0.15, 0.2) is 18.2 Å². The smallest absolute Gasteiger partial charge is 0.274 e. The van der Waals surface area contributed by atoms with Crippen molar-refractivity contribution >= 4 is 11.4 Å². The molecule has 0 saturated heterocycles. The molecule has 0 heterocycles. The Morgan fingerprint density at radius 2 is 2.24 bits per heavy atom. The molecule has 0 radical (unpaired) electrons. The lowest BCUT2D eigenvalue weighted by molar-refractivity contribution is -0.385. The van der Waals surface area contributed by atoms with Crippen LogP contribution in [0.1, 0.15) is 19.8 Å². The van der Waals surface area contributed by atoms with Crippen molar-refractivity contribution < 1.29 is 9.31 Å². The number of nitrogens with zero attached hydrogens (tertiary/aromatic N) is 1. The lowest BCUT2D eigenvalue weighted by atomic mass is 10.1. The van der Waals surface area contributed by atoms with Crippen LogP contribution in [0.25, 0.3) is 0 Å². The van der Waals surface area contributed by atoms with Crippen molar-refractivity contribution in [3.8, 4) is 0 Å². The van der Waals surface area contributed by atoms with Gasteiger partial charge < -0.3 is 5.32 Å². The van der Waals surface area contributed by atoms with E-state index in [1.54, 1.807) is 0 Å². The molecule has 1 N–H and O–H groups in total. The first-order valence-corrected chi connectivity index (χ1v) is 5.75. The van der Waals surface area contributed by atoms with Crippen LogP contribution in [0, 0.1) is 27.8 Å². The average Bonchev–Trinajstić information content (AvgIpc) is 3.08. The summed E-state index contributed by atoms with van der Waals surface area (Å²) in [6, 6.07) is 3.57. The molecule has 0 spiro atoms. The Hall–Kier alpha value is -1.65. The van der Waals surface area contributed by atoms with Gasteiger partial charge in [0, 0.05) is 18.3 Å². The fourth-order valence-corrected chi connectivity index (χ4v) is 1.89. The van der Waals surface area contributed by atoms with E-state index in [1.165, 1.54) is 25.0 Å². The topological polar surface area (TPSA) is 55.2 Å².